The van der Waals surface area contributed by atoms with Gasteiger partial charge in [-0.3, -0.25) is 4.90 Å². The van der Waals surface area contributed by atoms with Crippen LogP contribution in [-0.4, -0.2) is 32.6 Å². The minimum Gasteiger partial charge on any atom is -0.378 e. The fraction of sp³-hybridized carbons (Fsp3) is 0.533. The molecule has 18 heavy (non-hydrogen) atoms. The van der Waals surface area contributed by atoms with E-state index in [1.54, 1.807) is 0 Å². The molecular weight excluding hydrogens is 222 g/mol. The lowest BCUT2D eigenvalue weighted by molar-refractivity contribution is 0.259. The van der Waals surface area contributed by atoms with E-state index in [0.29, 0.717) is 5.92 Å². The van der Waals surface area contributed by atoms with Gasteiger partial charge in [-0.05, 0) is 30.7 Å². The van der Waals surface area contributed by atoms with Gasteiger partial charge in [0, 0.05) is 26.3 Å². The summed E-state index contributed by atoms with van der Waals surface area (Å²) >= 11 is 0. The monoisotopic (exact) mass is 245 g/mol. The summed E-state index contributed by atoms with van der Waals surface area (Å²) in [4.78, 5) is 4.17. The van der Waals surface area contributed by atoms with Crippen LogP contribution in [0.15, 0.2) is 24.3 Å². The minimum atomic E-state index is -0.163. The van der Waals surface area contributed by atoms with Crippen LogP contribution in [0.3, 0.4) is 0 Å². The molecule has 0 fully saturated rings. The first-order valence-corrected chi connectivity index (χ1v) is 6.32. The number of nitriles is 1. The summed E-state index contributed by atoms with van der Waals surface area (Å²) in [5, 5.41) is 9.34. The lowest BCUT2D eigenvalue weighted by atomic mass is 10.0. The molecule has 0 aromatic heterocycles. The summed E-state index contributed by atoms with van der Waals surface area (Å²) in [7, 11) is 6.04. The smallest absolute Gasteiger partial charge is 0.123 e. The van der Waals surface area contributed by atoms with Gasteiger partial charge >= 0.3 is 0 Å². The molecule has 0 bridgehead atoms. The summed E-state index contributed by atoms with van der Waals surface area (Å²) in [5.41, 5.74) is 2.22. The summed E-state index contributed by atoms with van der Waals surface area (Å²) in [6.07, 6.45) is 0. The van der Waals surface area contributed by atoms with Crippen LogP contribution >= 0.6 is 0 Å². The van der Waals surface area contributed by atoms with E-state index in [4.69, 9.17) is 0 Å². The first kappa shape index (κ1) is 14.5. The molecule has 1 aromatic carbocycles. The number of hydrogen-bond acceptors (Lipinski definition) is 3. The zero-order chi connectivity index (χ0) is 13.7. The Labute approximate surface area is 111 Å². The highest BCUT2D eigenvalue weighted by molar-refractivity contribution is 5.47. The van der Waals surface area contributed by atoms with Crippen LogP contribution in [0, 0.1) is 17.2 Å². The Morgan fingerprint density at radius 1 is 1.11 bits per heavy atom. The Bertz CT molecular complexity index is 401. The maximum absolute atomic E-state index is 9.34. The predicted octanol–water partition coefficient (Wildman–Crippen LogP) is 2.91. The quantitative estimate of drug-likeness (QED) is 0.799. The average Bonchev–Trinajstić information content (AvgIpc) is 2.29. The molecular formula is C15H23N3. The number of nitrogens with zero attached hydrogens (tertiary/aromatic N) is 3. The molecule has 0 radical (unpaired) electrons. The molecule has 1 atom stereocenters. The molecule has 1 unspecified atom stereocenters. The Hall–Kier alpha value is -1.53. The normalized spacial score (nSPS) is 12.6. The lowest BCUT2D eigenvalue weighted by Crippen LogP contribution is -2.27. The van der Waals surface area contributed by atoms with Crippen LogP contribution in [-0.2, 0) is 0 Å². The van der Waals surface area contributed by atoms with E-state index in [9.17, 15) is 5.26 Å². The van der Waals surface area contributed by atoms with E-state index in [1.165, 1.54) is 0 Å². The Balaban J connectivity index is 2.86. The van der Waals surface area contributed by atoms with Gasteiger partial charge in [0.15, 0.2) is 0 Å². The van der Waals surface area contributed by atoms with Gasteiger partial charge in [-0.2, -0.15) is 5.26 Å². The fourth-order valence-corrected chi connectivity index (χ4v) is 2.06. The van der Waals surface area contributed by atoms with E-state index < -0.39 is 0 Å². The molecule has 0 aliphatic carbocycles. The third-order valence-corrected chi connectivity index (χ3v) is 2.94. The number of rotatable bonds is 5. The van der Waals surface area contributed by atoms with Crippen molar-refractivity contribution in [1.82, 2.24) is 4.90 Å². The standard InChI is InChI=1S/C15H23N3/c1-12(2)11-18(5)15(10-16)13-6-8-14(9-7-13)17(3)4/h6-9,12,15H,11H2,1-5H3. The highest BCUT2D eigenvalue weighted by Gasteiger charge is 2.17. The third kappa shape index (κ3) is 3.75. The van der Waals surface area contributed by atoms with Gasteiger partial charge in [-0.25, -0.2) is 0 Å². The first-order chi connectivity index (χ1) is 8.45. The van der Waals surface area contributed by atoms with Gasteiger partial charge in [0.1, 0.15) is 6.04 Å². The Morgan fingerprint density at radius 3 is 2.06 bits per heavy atom. The minimum absolute atomic E-state index is 0.163. The summed E-state index contributed by atoms with van der Waals surface area (Å²) in [6.45, 7) is 5.26. The highest BCUT2D eigenvalue weighted by Crippen LogP contribution is 2.22. The van der Waals surface area contributed by atoms with Crippen molar-refractivity contribution in [3.8, 4) is 6.07 Å². The fourth-order valence-electron chi connectivity index (χ4n) is 2.06. The lowest BCUT2D eigenvalue weighted by Gasteiger charge is -2.25. The molecule has 0 aliphatic rings. The summed E-state index contributed by atoms with van der Waals surface area (Å²) in [5.74, 6) is 0.562. The number of anilines is 1. The molecule has 3 heteroatoms. The maximum Gasteiger partial charge on any atom is 0.123 e. The molecule has 0 heterocycles. The van der Waals surface area contributed by atoms with Crippen molar-refractivity contribution in [2.75, 3.05) is 32.6 Å². The SMILES string of the molecule is CC(C)CN(C)C(C#N)c1ccc(N(C)C)cc1. The summed E-state index contributed by atoms with van der Waals surface area (Å²) < 4.78 is 0. The second kappa shape index (κ2) is 6.42. The van der Waals surface area contributed by atoms with Crippen LogP contribution in [0.4, 0.5) is 5.69 Å². The van der Waals surface area contributed by atoms with Crippen molar-refractivity contribution in [2.24, 2.45) is 5.92 Å². The largest absolute Gasteiger partial charge is 0.378 e. The van der Waals surface area contributed by atoms with E-state index in [0.717, 1.165) is 17.8 Å². The molecule has 0 saturated heterocycles. The zero-order valence-electron chi connectivity index (χ0n) is 12.0. The van der Waals surface area contributed by atoms with Crippen LogP contribution in [0.2, 0.25) is 0 Å². The van der Waals surface area contributed by atoms with Crippen molar-refractivity contribution < 1.29 is 0 Å². The van der Waals surface area contributed by atoms with Gasteiger partial charge in [-0.15, -0.1) is 0 Å². The van der Waals surface area contributed by atoms with Gasteiger partial charge in [0.2, 0.25) is 0 Å². The van der Waals surface area contributed by atoms with E-state index in [1.807, 2.05) is 33.3 Å². The van der Waals surface area contributed by atoms with Crippen LogP contribution in [0.1, 0.15) is 25.5 Å². The van der Waals surface area contributed by atoms with Gasteiger partial charge in [0.05, 0.1) is 6.07 Å². The predicted molar refractivity (Wildman–Crippen MR) is 76.6 cm³/mol. The average molecular weight is 245 g/mol. The molecule has 98 valence electrons. The van der Waals surface area contributed by atoms with Crippen molar-refractivity contribution in [3.05, 3.63) is 29.8 Å². The number of benzene rings is 1. The maximum atomic E-state index is 9.34. The zero-order valence-corrected chi connectivity index (χ0v) is 12.0. The van der Waals surface area contributed by atoms with E-state index in [2.05, 4.69) is 41.8 Å². The van der Waals surface area contributed by atoms with Gasteiger partial charge in [0.25, 0.3) is 0 Å². The van der Waals surface area contributed by atoms with Crippen LogP contribution in [0.5, 0.6) is 0 Å². The van der Waals surface area contributed by atoms with E-state index in [-0.39, 0.29) is 6.04 Å². The molecule has 0 spiro atoms. The van der Waals surface area contributed by atoms with Crippen molar-refractivity contribution in [2.45, 2.75) is 19.9 Å². The third-order valence-electron chi connectivity index (χ3n) is 2.94. The van der Waals surface area contributed by atoms with Crippen LogP contribution in [0.25, 0.3) is 0 Å². The molecule has 0 N–H and O–H groups in total. The van der Waals surface area contributed by atoms with Crippen molar-refractivity contribution in [3.63, 3.8) is 0 Å². The van der Waals surface area contributed by atoms with Gasteiger partial charge in [-0.1, -0.05) is 26.0 Å². The summed E-state index contributed by atoms with van der Waals surface area (Å²) in [6, 6.07) is 10.4. The number of hydrogen-bond donors (Lipinski definition) is 0. The Kier molecular flexibility index (Phi) is 5.18. The second-order valence-corrected chi connectivity index (χ2v) is 5.35. The van der Waals surface area contributed by atoms with Crippen molar-refractivity contribution in [1.29, 1.82) is 5.26 Å². The van der Waals surface area contributed by atoms with Crippen LogP contribution < -0.4 is 4.90 Å². The molecule has 3 nitrogen and oxygen atoms in total. The highest BCUT2D eigenvalue weighted by atomic mass is 15.1. The molecule has 0 saturated carbocycles. The molecule has 0 aliphatic heterocycles. The van der Waals surface area contributed by atoms with E-state index >= 15 is 0 Å². The molecule has 1 rings (SSSR count). The van der Waals surface area contributed by atoms with Gasteiger partial charge < -0.3 is 4.90 Å². The topological polar surface area (TPSA) is 30.3 Å². The first-order valence-electron chi connectivity index (χ1n) is 6.32. The Morgan fingerprint density at radius 2 is 1.67 bits per heavy atom. The van der Waals surface area contributed by atoms with Crippen molar-refractivity contribution >= 4 is 5.69 Å². The molecule has 1 aromatic rings. The second-order valence-electron chi connectivity index (χ2n) is 5.35. The molecule has 0 amide bonds.